The van der Waals surface area contributed by atoms with E-state index in [1.165, 1.54) is 0 Å². The fraction of sp³-hybridized carbons (Fsp3) is 0.609. The molecule has 32 heavy (non-hydrogen) atoms. The molecule has 1 heterocycles. The molecule has 0 bridgehead atoms. The van der Waals surface area contributed by atoms with Crippen LogP contribution in [0, 0.1) is 5.41 Å². The van der Waals surface area contributed by atoms with Crippen LogP contribution in [0.15, 0.2) is 29.3 Å². The summed E-state index contributed by atoms with van der Waals surface area (Å²) in [5.74, 6) is 1.12. The summed E-state index contributed by atoms with van der Waals surface area (Å²) in [5.41, 5.74) is 0.596. The lowest BCUT2D eigenvalue weighted by Crippen LogP contribution is -2.56. The van der Waals surface area contributed by atoms with Gasteiger partial charge in [0.15, 0.2) is 5.96 Å². The Morgan fingerprint density at radius 3 is 2.31 bits per heavy atom. The molecule has 9 heteroatoms. The number of carbonyl (C=O) groups excluding carboxylic acids is 2. The summed E-state index contributed by atoms with van der Waals surface area (Å²) in [5, 5.41) is 4.11. The molecule has 7 nitrogen and oxygen atoms in total. The van der Waals surface area contributed by atoms with Crippen LogP contribution in [-0.4, -0.2) is 86.3 Å². The maximum atomic E-state index is 12.8. The van der Waals surface area contributed by atoms with Crippen LogP contribution in [-0.2, 0) is 16.0 Å². The number of amides is 2. The summed E-state index contributed by atoms with van der Waals surface area (Å²) in [7, 11) is 5.43. The van der Waals surface area contributed by atoms with Crippen molar-refractivity contribution >= 4 is 53.4 Å². The number of nitrogens with one attached hydrogen (secondary N) is 1. The van der Waals surface area contributed by atoms with Crippen molar-refractivity contribution in [2.45, 2.75) is 32.1 Å². The van der Waals surface area contributed by atoms with Gasteiger partial charge in [-0.2, -0.15) is 0 Å². The number of aliphatic imine (C=N–C) groups is 1. The van der Waals surface area contributed by atoms with E-state index < -0.39 is 0 Å². The molecule has 1 saturated carbocycles. The van der Waals surface area contributed by atoms with Crippen LogP contribution < -0.4 is 5.32 Å². The maximum Gasteiger partial charge on any atom is 0.230 e. The highest BCUT2D eigenvalue weighted by Crippen LogP contribution is 2.39. The fourth-order valence-electron chi connectivity index (χ4n) is 4.67. The largest absolute Gasteiger partial charge is 0.355 e. The number of hydrogen-bond donors (Lipinski definition) is 1. The maximum absolute atomic E-state index is 12.8. The molecule has 2 amide bonds. The lowest BCUT2D eigenvalue weighted by molar-refractivity contribution is -0.139. The van der Waals surface area contributed by atoms with Crippen LogP contribution in [0.3, 0.4) is 0 Å². The predicted octanol–water partition coefficient (Wildman–Crippen LogP) is 2.87. The Hall–Kier alpha value is -1.55. The summed E-state index contributed by atoms with van der Waals surface area (Å²) in [4.78, 5) is 35.7. The molecule has 178 valence electrons. The van der Waals surface area contributed by atoms with Gasteiger partial charge in [0.1, 0.15) is 0 Å². The molecule has 3 rings (SSSR count). The second-order valence-corrected chi connectivity index (χ2v) is 9.20. The molecular weight excluding hydrogens is 541 g/mol. The van der Waals surface area contributed by atoms with Crippen molar-refractivity contribution in [1.82, 2.24) is 20.0 Å². The van der Waals surface area contributed by atoms with Gasteiger partial charge in [-0.25, -0.2) is 0 Å². The third-order valence-corrected chi connectivity index (χ3v) is 6.63. The second kappa shape index (κ2) is 12.1. The van der Waals surface area contributed by atoms with E-state index in [4.69, 9.17) is 11.6 Å². The molecule has 1 aliphatic carbocycles. The molecule has 0 aromatic heterocycles. The lowest BCUT2D eigenvalue weighted by Gasteiger charge is -2.38. The normalized spacial score (nSPS) is 18.2. The van der Waals surface area contributed by atoms with E-state index in [9.17, 15) is 9.59 Å². The Labute approximate surface area is 213 Å². The van der Waals surface area contributed by atoms with Gasteiger partial charge < -0.3 is 20.0 Å². The highest BCUT2D eigenvalue weighted by Gasteiger charge is 2.42. The van der Waals surface area contributed by atoms with Crippen LogP contribution >= 0.6 is 35.6 Å². The summed E-state index contributed by atoms with van der Waals surface area (Å²) in [6, 6.07) is 7.46. The van der Waals surface area contributed by atoms with E-state index in [0.29, 0.717) is 31.1 Å². The van der Waals surface area contributed by atoms with Crippen LogP contribution in [0.5, 0.6) is 0 Å². The molecule has 1 N–H and O–H groups in total. The Morgan fingerprint density at radius 2 is 1.75 bits per heavy atom. The smallest absolute Gasteiger partial charge is 0.230 e. The molecular formula is C23H35ClIN5O2. The quantitative estimate of drug-likeness (QED) is 0.333. The van der Waals surface area contributed by atoms with Crippen molar-refractivity contribution in [1.29, 1.82) is 0 Å². The van der Waals surface area contributed by atoms with Gasteiger partial charge in [-0.1, -0.05) is 36.6 Å². The Balaban J connectivity index is 0.00000363. The number of piperazine rings is 1. The minimum absolute atomic E-state index is 0. The third-order valence-electron chi connectivity index (χ3n) is 6.39. The molecule has 0 atom stereocenters. The summed E-state index contributed by atoms with van der Waals surface area (Å²) >= 11 is 6.03. The van der Waals surface area contributed by atoms with Crippen LogP contribution in [0.25, 0.3) is 0 Å². The van der Waals surface area contributed by atoms with Crippen molar-refractivity contribution in [3.63, 3.8) is 0 Å². The number of guanidine groups is 1. The van der Waals surface area contributed by atoms with Gasteiger partial charge in [-0.05, 0) is 30.5 Å². The minimum Gasteiger partial charge on any atom is -0.355 e. The molecule has 1 aromatic carbocycles. The first-order chi connectivity index (χ1) is 14.8. The van der Waals surface area contributed by atoms with E-state index >= 15 is 0 Å². The molecule has 0 unspecified atom stereocenters. The van der Waals surface area contributed by atoms with E-state index in [1.54, 1.807) is 11.9 Å². The average Bonchev–Trinajstić information content (AvgIpc) is 3.24. The van der Waals surface area contributed by atoms with E-state index in [-0.39, 0.29) is 41.2 Å². The Kier molecular flexibility index (Phi) is 10.1. The monoisotopic (exact) mass is 575 g/mol. The molecule has 2 fully saturated rings. The van der Waals surface area contributed by atoms with Crippen LogP contribution in [0.4, 0.5) is 0 Å². The number of hydrogen-bond acceptors (Lipinski definition) is 3. The van der Waals surface area contributed by atoms with Gasteiger partial charge in [0.05, 0.1) is 11.8 Å². The summed E-state index contributed by atoms with van der Waals surface area (Å²) in [6.07, 6.45) is 4.38. The van der Waals surface area contributed by atoms with Gasteiger partial charge in [-0.3, -0.25) is 14.6 Å². The topological polar surface area (TPSA) is 68.2 Å². The zero-order chi connectivity index (χ0) is 22.4. The SMILES string of the molecule is CN=C(NCC1(C(=O)N(C)C)CCCC1)N1CCN(C(=O)Cc2cccc(Cl)c2)CC1.I. The molecule has 1 aromatic rings. The highest BCUT2D eigenvalue weighted by atomic mass is 127. The molecule has 0 spiro atoms. The summed E-state index contributed by atoms with van der Waals surface area (Å²) in [6.45, 7) is 3.35. The number of rotatable bonds is 5. The van der Waals surface area contributed by atoms with E-state index in [1.807, 2.05) is 43.3 Å². The van der Waals surface area contributed by atoms with Gasteiger partial charge >= 0.3 is 0 Å². The average molecular weight is 576 g/mol. The van der Waals surface area contributed by atoms with Gasteiger partial charge in [-0.15, -0.1) is 24.0 Å². The number of nitrogens with zero attached hydrogens (tertiary/aromatic N) is 4. The van der Waals surface area contributed by atoms with E-state index in [2.05, 4.69) is 15.2 Å². The zero-order valence-corrected chi connectivity index (χ0v) is 22.4. The van der Waals surface area contributed by atoms with Crippen LogP contribution in [0.2, 0.25) is 5.02 Å². The lowest BCUT2D eigenvalue weighted by atomic mass is 9.84. The van der Waals surface area contributed by atoms with Gasteiger partial charge in [0.2, 0.25) is 11.8 Å². The van der Waals surface area contributed by atoms with Crippen molar-refractivity contribution < 1.29 is 9.59 Å². The summed E-state index contributed by atoms with van der Waals surface area (Å²) < 4.78 is 0. The highest BCUT2D eigenvalue weighted by molar-refractivity contribution is 14.0. The minimum atomic E-state index is -0.339. The first kappa shape index (κ1) is 26.7. The molecule has 0 radical (unpaired) electrons. The van der Waals surface area contributed by atoms with Crippen LogP contribution in [0.1, 0.15) is 31.2 Å². The number of carbonyl (C=O) groups is 2. The first-order valence-electron chi connectivity index (χ1n) is 11.0. The Bertz CT molecular complexity index is 818. The molecule has 2 aliphatic rings. The number of benzene rings is 1. The first-order valence-corrected chi connectivity index (χ1v) is 11.4. The predicted molar refractivity (Wildman–Crippen MR) is 140 cm³/mol. The second-order valence-electron chi connectivity index (χ2n) is 8.76. The molecule has 1 aliphatic heterocycles. The third kappa shape index (κ3) is 6.50. The Morgan fingerprint density at radius 1 is 1.12 bits per heavy atom. The van der Waals surface area contributed by atoms with Crippen molar-refractivity contribution in [2.75, 3.05) is 53.9 Å². The fourth-order valence-corrected chi connectivity index (χ4v) is 4.89. The van der Waals surface area contributed by atoms with Crippen molar-refractivity contribution in [2.24, 2.45) is 10.4 Å². The van der Waals surface area contributed by atoms with E-state index in [0.717, 1.165) is 50.3 Å². The molecule has 1 saturated heterocycles. The standard InChI is InChI=1S/C23H34ClN5O2.HI/c1-25-22(26-17-23(9-4-5-10-23)21(31)27(2)3)29-13-11-28(12-14-29)20(30)16-18-7-6-8-19(24)15-18;/h6-8,15H,4-5,9-14,16-17H2,1-3H3,(H,25,26);1H. The van der Waals surface area contributed by atoms with Gasteiger partial charge in [0, 0.05) is 58.9 Å². The number of halogens is 2. The van der Waals surface area contributed by atoms with Gasteiger partial charge in [0.25, 0.3) is 0 Å². The van der Waals surface area contributed by atoms with Crippen molar-refractivity contribution in [3.8, 4) is 0 Å². The zero-order valence-electron chi connectivity index (χ0n) is 19.3. The van der Waals surface area contributed by atoms with Crippen molar-refractivity contribution in [3.05, 3.63) is 34.9 Å².